The van der Waals surface area contributed by atoms with Crippen LogP contribution in [-0.4, -0.2) is 48.5 Å². The van der Waals surface area contributed by atoms with Crippen molar-refractivity contribution in [2.24, 2.45) is 0 Å². The molecule has 1 aliphatic rings. The van der Waals surface area contributed by atoms with Crippen LogP contribution in [-0.2, 0) is 0 Å². The molecule has 1 aliphatic carbocycles. The second-order valence-corrected chi connectivity index (χ2v) is 4.12. The van der Waals surface area contributed by atoms with Crippen LogP contribution in [0.25, 0.3) is 0 Å². The van der Waals surface area contributed by atoms with Crippen LogP contribution in [0.2, 0.25) is 0 Å². The van der Waals surface area contributed by atoms with Gasteiger partial charge in [0.25, 0.3) is 0 Å². The Labute approximate surface area is 89.4 Å². The number of carbonyl (C=O) groups is 1. The number of amides is 1. The second-order valence-electron chi connectivity index (χ2n) is 4.12. The fourth-order valence-electron chi connectivity index (χ4n) is 2.15. The van der Waals surface area contributed by atoms with Crippen molar-refractivity contribution in [1.82, 2.24) is 10.2 Å². The highest BCUT2D eigenvalue weighted by Gasteiger charge is 2.24. The Kier molecular flexibility index (Phi) is 4.81. The second kappa shape index (κ2) is 5.90. The third-order valence-electron chi connectivity index (χ3n) is 3.08. The van der Waals surface area contributed by atoms with Crippen LogP contribution in [0.1, 0.15) is 25.7 Å². The van der Waals surface area contributed by atoms with Gasteiger partial charge in [-0.2, -0.15) is 0 Å². The summed E-state index contributed by atoms with van der Waals surface area (Å²) in [5.41, 5.74) is 0. The third kappa shape index (κ3) is 4.03. The van der Waals surface area contributed by atoms with Crippen LogP contribution in [0.5, 0.6) is 0 Å². The normalized spacial score (nSPS) is 26.6. The molecule has 0 bridgehead atoms. The summed E-state index contributed by atoms with van der Waals surface area (Å²) in [5.74, 6) is 0. The molecule has 1 saturated carbocycles. The number of halogens is 1. The van der Waals surface area contributed by atoms with Crippen LogP contribution in [0.4, 0.5) is 9.18 Å². The Balaban J connectivity index is 2.26. The van der Waals surface area contributed by atoms with E-state index in [0.717, 1.165) is 25.7 Å². The highest BCUT2D eigenvalue weighted by molar-refractivity contribution is 5.64. The topological polar surface area (TPSA) is 52.6 Å². The van der Waals surface area contributed by atoms with Crippen molar-refractivity contribution in [1.29, 1.82) is 0 Å². The number of nitrogens with zero attached hydrogens (tertiary/aromatic N) is 1. The maximum Gasteiger partial charge on any atom is 0.404 e. The van der Waals surface area contributed by atoms with E-state index in [1.807, 2.05) is 11.9 Å². The summed E-state index contributed by atoms with van der Waals surface area (Å²) >= 11 is 0. The van der Waals surface area contributed by atoms with Gasteiger partial charge in [0.15, 0.2) is 0 Å². The number of hydrogen-bond donors (Lipinski definition) is 2. The average molecular weight is 218 g/mol. The van der Waals surface area contributed by atoms with Gasteiger partial charge >= 0.3 is 6.09 Å². The molecule has 1 rings (SSSR count). The summed E-state index contributed by atoms with van der Waals surface area (Å²) in [6.45, 7) is 0.158. The largest absolute Gasteiger partial charge is 0.465 e. The van der Waals surface area contributed by atoms with Crippen molar-refractivity contribution >= 4 is 6.09 Å². The third-order valence-corrected chi connectivity index (χ3v) is 3.08. The number of nitrogens with one attached hydrogen (secondary N) is 1. The fourth-order valence-corrected chi connectivity index (χ4v) is 2.15. The van der Waals surface area contributed by atoms with E-state index in [4.69, 9.17) is 5.11 Å². The van der Waals surface area contributed by atoms with Gasteiger partial charge in [-0.1, -0.05) is 0 Å². The van der Waals surface area contributed by atoms with Gasteiger partial charge in [-0.15, -0.1) is 0 Å². The van der Waals surface area contributed by atoms with Crippen LogP contribution in [0.15, 0.2) is 0 Å². The van der Waals surface area contributed by atoms with Gasteiger partial charge in [0.2, 0.25) is 0 Å². The number of hydrogen-bond acceptors (Lipinski definition) is 2. The van der Waals surface area contributed by atoms with Crippen molar-refractivity contribution in [3.05, 3.63) is 0 Å². The van der Waals surface area contributed by atoms with Crippen molar-refractivity contribution in [2.75, 3.05) is 20.3 Å². The molecule has 0 unspecified atom stereocenters. The summed E-state index contributed by atoms with van der Waals surface area (Å²) in [6, 6.07) is 0.491. The van der Waals surface area contributed by atoms with E-state index in [9.17, 15) is 9.18 Å². The van der Waals surface area contributed by atoms with E-state index in [-0.39, 0.29) is 12.7 Å². The molecule has 0 aromatic carbocycles. The Morgan fingerprint density at radius 2 is 2.07 bits per heavy atom. The summed E-state index contributed by atoms with van der Waals surface area (Å²) in [4.78, 5) is 12.4. The molecule has 88 valence electrons. The van der Waals surface area contributed by atoms with Gasteiger partial charge < -0.3 is 15.3 Å². The molecule has 0 spiro atoms. The maximum atomic E-state index is 12.1. The molecule has 2 N–H and O–H groups in total. The minimum Gasteiger partial charge on any atom is -0.465 e. The van der Waals surface area contributed by atoms with Crippen molar-refractivity contribution < 1.29 is 14.3 Å². The maximum absolute atomic E-state index is 12.1. The monoisotopic (exact) mass is 218 g/mol. The van der Waals surface area contributed by atoms with Gasteiger partial charge in [0.1, 0.15) is 6.67 Å². The Hall–Kier alpha value is -0.840. The lowest BCUT2D eigenvalue weighted by atomic mass is 9.90. The number of carboxylic acid groups (broad SMARTS) is 1. The SMILES string of the molecule is CN(CCF)C1CCC(NC(=O)O)CC1. The van der Waals surface area contributed by atoms with Gasteiger partial charge in [-0.05, 0) is 32.7 Å². The zero-order valence-electron chi connectivity index (χ0n) is 9.08. The van der Waals surface area contributed by atoms with E-state index >= 15 is 0 Å². The van der Waals surface area contributed by atoms with Crippen LogP contribution in [0.3, 0.4) is 0 Å². The van der Waals surface area contributed by atoms with E-state index in [1.54, 1.807) is 0 Å². The molecule has 0 saturated heterocycles. The quantitative estimate of drug-likeness (QED) is 0.751. The lowest BCUT2D eigenvalue weighted by molar-refractivity contribution is 0.154. The van der Waals surface area contributed by atoms with Crippen LogP contribution >= 0.6 is 0 Å². The fraction of sp³-hybridized carbons (Fsp3) is 0.900. The predicted molar refractivity (Wildman–Crippen MR) is 55.8 cm³/mol. The molecular weight excluding hydrogens is 199 g/mol. The Bertz CT molecular complexity index is 206. The van der Waals surface area contributed by atoms with Crippen molar-refractivity contribution in [2.45, 2.75) is 37.8 Å². The number of rotatable bonds is 4. The molecule has 0 radical (unpaired) electrons. The molecule has 5 heteroatoms. The zero-order chi connectivity index (χ0) is 11.3. The first kappa shape index (κ1) is 12.2. The predicted octanol–water partition coefficient (Wildman–Crippen LogP) is 1.47. The van der Waals surface area contributed by atoms with E-state index in [0.29, 0.717) is 12.6 Å². The standard InChI is InChI=1S/C10H19FN2O2/c1-13(7-6-11)9-4-2-8(3-5-9)12-10(14)15/h8-9,12H,2-7H2,1H3,(H,14,15). The van der Waals surface area contributed by atoms with E-state index in [1.165, 1.54) is 0 Å². The molecule has 4 nitrogen and oxygen atoms in total. The van der Waals surface area contributed by atoms with Crippen LogP contribution in [0, 0.1) is 0 Å². The molecular formula is C10H19FN2O2. The van der Waals surface area contributed by atoms with Gasteiger partial charge in [0.05, 0.1) is 0 Å². The summed E-state index contributed by atoms with van der Waals surface area (Å²) < 4.78 is 12.1. The Morgan fingerprint density at radius 1 is 1.47 bits per heavy atom. The molecule has 0 aromatic heterocycles. The first-order valence-electron chi connectivity index (χ1n) is 5.39. The first-order chi connectivity index (χ1) is 7.13. The van der Waals surface area contributed by atoms with Gasteiger partial charge in [0, 0.05) is 18.6 Å². The zero-order valence-corrected chi connectivity index (χ0v) is 9.08. The lowest BCUT2D eigenvalue weighted by Crippen LogP contribution is -2.42. The average Bonchev–Trinajstić information content (AvgIpc) is 2.18. The van der Waals surface area contributed by atoms with Gasteiger partial charge in [-0.3, -0.25) is 0 Å². The van der Waals surface area contributed by atoms with E-state index in [2.05, 4.69) is 5.32 Å². The molecule has 1 amide bonds. The van der Waals surface area contributed by atoms with Crippen LogP contribution < -0.4 is 5.32 Å². The number of alkyl halides is 1. The lowest BCUT2D eigenvalue weighted by Gasteiger charge is -2.34. The summed E-state index contributed by atoms with van der Waals surface area (Å²) in [7, 11) is 1.93. The van der Waals surface area contributed by atoms with Crippen molar-refractivity contribution in [3.8, 4) is 0 Å². The minimum atomic E-state index is -0.949. The molecule has 0 atom stereocenters. The molecule has 0 heterocycles. The minimum absolute atomic E-state index is 0.0810. The van der Waals surface area contributed by atoms with Crippen molar-refractivity contribution in [3.63, 3.8) is 0 Å². The van der Waals surface area contributed by atoms with Gasteiger partial charge in [-0.25, -0.2) is 9.18 Å². The highest BCUT2D eigenvalue weighted by atomic mass is 19.1. The molecule has 15 heavy (non-hydrogen) atoms. The highest BCUT2D eigenvalue weighted by Crippen LogP contribution is 2.22. The summed E-state index contributed by atoms with van der Waals surface area (Å²) in [6.07, 6.45) is 2.65. The molecule has 0 aromatic rings. The Morgan fingerprint density at radius 3 is 2.53 bits per heavy atom. The van der Waals surface area contributed by atoms with E-state index < -0.39 is 6.09 Å². The smallest absolute Gasteiger partial charge is 0.404 e. The first-order valence-corrected chi connectivity index (χ1v) is 5.39. The molecule has 0 aliphatic heterocycles. The summed E-state index contributed by atoms with van der Waals surface area (Å²) in [5, 5.41) is 11.1. The molecule has 1 fully saturated rings.